The van der Waals surface area contributed by atoms with E-state index in [9.17, 15) is 4.79 Å². The Kier molecular flexibility index (Phi) is 7.40. The van der Waals surface area contributed by atoms with Crippen molar-refractivity contribution in [1.29, 1.82) is 0 Å². The molecule has 0 bridgehead atoms. The minimum Gasteiger partial charge on any atom is -0.466 e. The molecule has 1 saturated carbocycles. The van der Waals surface area contributed by atoms with Crippen LogP contribution in [-0.4, -0.2) is 28.9 Å². The maximum Gasteiger partial charge on any atom is 0.503 e. The Morgan fingerprint density at radius 2 is 1.67 bits per heavy atom. The molecule has 5 nitrogen and oxygen atoms in total. The van der Waals surface area contributed by atoms with Gasteiger partial charge < -0.3 is 14.9 Å². The topological polar surface area (TPSA) is 83.8 Å². The quantitative estimate of drug-likeness (QED) is 0.695. The molecule has 0 aromatic rings. The highest BCUT2D eigenvalue weighted by Gasteiger charge is 2.21. The van der Waals surface area contributed by atoms with Crippen molar-refractivity contribution < 1.29 is 24.5 Å². The summed E-state index contributed by atoms with van der Waals surface area (Å²) in [6.45, 7) is 2.38. The number of carbonyl (C=O) groups excluding carboxylic acids is 1. The molecule has 0 radical (unpaired) electrons. The first-order valence-corrected chi connectivity index (χ1v) is 5.16. The molecule has 0 aromatic heterocycles. The Labute approximate surface area is 89.0 Å². The summed E-state index contributed by atoms with van der Waals surface area (Å²) < 4.78 is 4.94. The predicted octanol–water partition coefficient (Wildman–Crippen LogP) is 2.35. The molecule has 0 spiro atoms. The molecule has 0 saturated heterocycles. The number of hydrogen-bond acceptors (Lipinski definition) is 3. The fourth-order valence-electron chi connectivity index (χ4n) is 1.60. The van der Waals surface area contributed by atoms with Crippen LogP contribution in [0.5, 0.6) is 0 Å². The minimum absolute atomic E-state index is 0.0206. The number of carbonyl (C=O) groups is 2. The lowest BCUT2D eigenvalue weighted by Gasteiger charge is -2.19. The molecular formula is C10H18O5. The maximum absolute atomic E-state index is 11.2. The molecular weight excluding hydrogens is 200 g/mol. The van der Waals surface area contributed by atoms with Gasteiger partial charge in [-0.25, -0.2) is 4.79 Å². The lowest BCUT2D eigenvalue weighted by molar-refractivity contribution is -0.149. The molecule has 1 fully saturated rings. The van der Waals surface area contributed by atoms with E-state index >= 15 is 0 Å². The second-order valence-electron chi connectivity index (χ2n) is 3.37. The van der Waals surface area contributed by atoms with Gasteiger partial charge in [0.05, 0.1) is 12.5 Å². The first kappa shape index (κ1) is 13.7. The zero-order valence-corrected chi connectivity index (χ0v) is 8.94. The van der Waals surface area contributed by atoms with Crippen LogP contribution in [0.25, 0.3) is 0 Å². The van der Waals surface area contributed by atoms with Crippen LogP contribution in [0, 0.1) is 5.92 Å². The van der Waals surface area contributed by atoms with Crippen LogP contribution < -0.4 is 0 Å². The number of ether oxygens (including phenoxy) is 1. The predicted molar refractivity (Wildman–Crippen MR) is 53.9 cm³/mol. The first-order valence-electron chi connectivity index (χ1n) is 5.16. The van der Waals surface area contributed by atoms with Crippen molar-refractivity contribution in [1.82, 2.24) is 0 Å². The minimum atomic E-state index is -1.83. The fourth-order valence-corrected chi connectivity index (χ4v) is 1.60. The highest BCUT2D eigenvalue weighted by Crippen LogP contribution is 2.24. The summed E-state index contributed by atoms with van der Waals surface area (Å²) in [4.78, 5) is 19.7. The van der Waals surface area contributed by atoms with Crippen LogP contribution in [-0.2, 0) is 9.53 Å². The van der Waals surface area contributed by atoms with Gasteiger partial charge in [0.25, 0.3) is 0 Å². The summed E-state index contributed by atoms with van der Waals surface area (Å²) in [5.74, 6) is 0.232. The van der Waals surface area contributed by atoms with Gasteiger partial charge in [-0.15, -0.1) is 0 Å². The second-order valence-corrected chi connectivity index (χ2v) is 3.37. The fraction of sp³-hybridized carbons (Fsp3) is 0.800. The summed E-state index contributed by atoms with van der Waals surface area (Å²) >= 11 is 0. The molecule has 1 aliphatic carbocycles. The molecule has 0 atom stereocenters. The van der Waals surface area contributed by atoms with Gasteiger partial charge in [-0.2, -0.15) is 0 Å². The van der Waals surface area contributed by atoms with Crippen molar-refractivity contribution in [2.75, 3.05) is 6.61 Å². The van der Waals surface area contributed by atoms with Gasteiger partial charge in [0.1, 0.15) is 0 Å². The zero-order chi connectivity index (χ0) is 11.7. The summed E-state index contributed by atoms with van der Waals surface area (Å²) in [5, 5.41) is 13.9. The molecule has 88 valence electrons. The molecule has 0 unspecified atom stereocenters. The molecule has 5 heteroatoms. The molecule has 1 aliphatic rings. The molecule has 0 aliphatic heterocycles. The highest BCUT2D eigenvalue weighted by atomic mass is 16.6. The monoisotopic (exact) mass is 218 g/mol. The van der Waals surface area contributed by atoms with Gasteiger partial charge in [-0.1, -0.05) is 19.3 Å². The lowest BCUT2D eigenvalue weighted by atomic mass is 9.89. The van der Waals surface area contributed by atoms with Crippen molar-refractivity contribution in [3.05, 3.63) is 0 Å². The Balaban J connectivity index is 0.000000423. The number of rotatable bonds is 2. The van der Waals surface area contributed by atoms with E-state index < -0.39 is 6.16 Å². The van der Waals surface area contributed by atoms with Crippen molar-refractivity contribution in [3.63, 3.8) is 0 Å². The smallest absolute Gasteiger partial charge is 0.466 e. The van der Waals surface area contributed by atoms with E-state index in [0.29, 0.717) is 6.61 Å². The van der Waals surface area contributed by atoms with Crippen LogP contribution in [0.4, 0.5) is 4.79 Å². The SMILES string of the molecule is CCOC(=O)C1CCCCC1.O=C(O)O. The van der Waals surface area contributed by atoms with E-state index in [0.717, 1.165) is 12.8 Å². The molecule has 0 aromatic carbocycles. The van der Waals surface area contributed by atoms with Crippen LogP contribution in [0.1, 0.15) is 39.0 Å². The first-order chi connectivity index (χ1) is 7.07. The summed E-state index contributed by atoms with van der Waals surface area (Å²) in [5.41, 5.74) is 0. The van der Waals surface area contributed by atoms with Gasteiger partial charge >= 0.3 is 12.1 Å². The molecule has 1 rings (SSSR count). The van der Waals surface area contributed by atoms with Crippen molar-refractivity contribution in [2.24, 2.45) is 5.92 Å². The van der Waals surface area contributed by atoms with Gasteiger partial charge in [-0.3, -0.25) is 4.79 Å². The summed E-state index contributed by atoms with van der Waals surface area (Å²) in [6.07, 6.45) is 3.93. The third-order valence-corrected chi connectivity index (χ3v) is 2.23. The molecule has 0 heterocycles. The van der Waals surface area contributed by atoms with E-state index in [4.69, 9.17) is 19.7 Å². The third-order valence-electron chi connectivity index (χ3n) is 2.23. The third kappa shape index (κ3) is 7.78. The van der Waals surface area contributed by atoms with Crippen molar-refractivity contribution in [2.45, 2.75) is 39.0 Å². The van der Waals surface area contributed by atoms with E-state index in [1.807, 2.05) is 6.92 Å². The van der Waals surface area contributed by atoms with Gasteiger partial charge in [0.15, 0.2) is 0 Å². The number of esters is 1. The van der Waals surface area contributed by atoms with Gasteiger partial charge in [0.2, 0.25) is 0 Å². The van der Waals surface area contributed by atoms with Gasteiger partial charge in [-0.05, 0) is 19.8 Å². The van der Waals surface area contributed by atoms with E-state index in [-0.39, 0.29) is 11.9 Å². The van der Waals surface area contributed by atoms with E-state index in [2.05, 4.69) is 0 Å². The van der Waals surface area contributed by atoms with Crippen LogP contribution >= 0.6 is 0 Å². The Hall–Kier alpha value is -1.26. The molecule has 2 N–H and O–H groups in total. The van der Waals surface area contributed by atoms with Gasteiger partial charge in [0, 0.05) is 0 Å². The highest BCUT2D eigenvalue weighted by molar-refractivity contribution is 5.72. The zero-order valence-electron chi connectivity index (χ0n) is 8.94. The Bertz CT molecular complexity index is 192. The average molecular weight is 218 g/mol. The molecule has 0 amide bonds. The van der Waals surface area contributed by atoms with Crippen LogP contribution in [0.2, 0.25) is 0 Å². The van der Waals surface area contributed by atoms with Crippen LogP contribution in [0.15, 0.2) is 0 Å². The largest absolute Gasteiger partial charge is 0.503 e. The second kappa shape index (κ2) is 8.08. The Morgan fingerprint density at radius 1 is 1.20 bits per heavy atom. The number of hydrogen-bond donors (Lipinski definition) is 2. The molecule has 15 heavy (non-hydrogen) atoms. The normalized spacial score (nSPS) is 16.1. The maximum atomic E-state index is 11.2. The Morgan fingerprint density at radius 3 is 2.07 bits per heavy atom. The standard InChI is InChI=1S/C9H16O2.CH2O3/c1-2-11-9(10)8-6-4-3-5-7-8;2-1(3)4/h8H,2-7H2,1H3;(H2,2,3,4). The van der Waals surface area contributed by atoms with Crippen molar-refractivity contribution >= 4 is 12.1 Å². The summed E-state index contributed by atoms with van der Waals surface area (Å²) in [7, 11) is 0. The van der Waals surface area contributed by atoms with Crippen molar-refractivity contribution in [3.8, 4) is 0 Å². The van der Waals surface area contributed by atoms with E-state index in [1.165, 1.54) is 19.3 Å². The average Bonchev–Trinajstić information content (AvgIpc) is 2.19. The lowest BCUT2D eigenvalue weighted by Crippen LogP contribution is -2.20. The summed E-state index contributed by atoms with van der Waals surface area (Å²) in [6, 6.07) is 0. The van der Waals surface area contributed by atoms with E-state index in [1.54, 1.807) is 0 Å². The number of carboxylic acid groups (broad SMARTS) is 2. The van der Waals surface area contributed by atoms with Crippen LogP contribution in [0.3, 0.4) is 0 Å².